The Labute approximate surface area is 146 Å². The number of likely N-dealkylation sites (tertiary alicyclic amines) is 1. The van der Waals surface area contributed by atoms with Gasteiger partial charge < -0.3 is 10.2 Å². The number of fused-ring (bicyclic) bond motifs is 4. The van der Waals surface area contributed by atoms with Crippen LogP contribution in [0.25, 0.3) is 0 Å². The first-order chi connectivity index (χ1) is 11.8. The van der Waals surface area contributed by atoms with E-state index < -0.39 is 0 Å². The van der Waals surface area contributed by atoms with Crippen molar-refractivity contribution in [1.82, 2.24) is 9.80 Å². The van der Waals surface area contributed by atoms with Gasteiger partial charge >= 0.3 is 0 Å². The number of hydrogen-bond acceptors (Lipinski definition) is 5. The summed E-state index contributed by atoms with van der Waals surface area (Å²) in [6, 6.07) is 13.0. The quantitative estimate of drug-likeness (QED) is 0.912. The summed E-state index contributed by atoms with van der Waals surface area (Å²) in [7, 11) is 0. The van der Waals surface area contributed by atoms with Gasteiger partial charge in [-0.05, 0) is 23.6 Å². The van der Waals surface area contributed by atoms with Crippen molar-refractivity contribution < 1.29 is 0 Å². The van der Waals surface area contributed by atoms with Gasteiger partial charge in [0, 0.05) is 55.1 Å². The van der Waals surface area contributed by atoms with Crippen LogP contribution in [0.3, 0.4) is 0 Å². The molecule has 4 heterocycles. The Hall–Kier alpha value is -1.85. The van der Waals surface area contributed by atoms with E-state index in [4.69, 9.17) is 4.99 Å². The van der Waals surface area contributed by atoms with Gasteiger partial charge in [0.15, 0.2) is 0 Å². The van der Waals surface area contributed by atoms with Gasteiger partial charge in [-0.1, -0.05) is 18.2 Å². The molecule has 0 atom stereocenters. The summed E-state index contributed by atoms with van der Waals surface area (Å²) in [5.74, 6) is 1.20. The van der Waals surface area contributed by atoms with Gasteiger partial charge in [0.25, 0.3) is 0 Å². The third kappa shape index (κ3) is 2.26. The van der Waals surface area contributed by atoms with Gasteiger partial charge in [-0.2, -0.15) is 0 Å². The molecule has 3 aliphatic rings. The molecule has 4 nitrogen and oxygen atoms in total. The Morgan fingerprint density at radius 1 is 1.08 bits per heavy atom. The molecule has 0 saturated carbocycles. The third-order valence-electron chi connectivity index (χ3n) is 5.54. The molecule has 0 radical (unpaired) electrons. The Morgan fingerprint density at radius 3 is 2.79 bits per heavy atom. The van der Waals surface area contributed by atoms with E-state index >= 15 is 0 Å². The van der Waals surface area contributed by atoms with Crippen LogP contribution in [0.15, 0.2) is 46.8 Å². The number of hydrogen-bond donors (Lipinski definition) is 1. The highest BCUT2D eigenvalue weighted by Gasteiger charge is 2.46. The molecule has 1 spiro atoms. The number of amidine groups is 1. The van der Waals surface area contributed by atoms with E-state index in [1.807, 2.05) is 11.3 Å². The van der Waals surface area contributed by atoms with Crippen molar-refractivity contribution in [2.24, 2.45) is 4.99 Å². The van der Waals surface area contributed by atoms with E-state index in [1.54, 1.807) is 0 Å². The minimum Gasteiger partial charge on any atom is -0.362 e. The number of nitrogens with zero attached hydrogens (tertiary/aromatic N) is 3. The second-order valence-electron chi connectivity index (χ2n) is 6.91. The number of piperidine rings is 1. The lowest BCUT2D eigenvalue weighted by Gasteiger charge is -2.52. The van der Waals surface area contributed by atoms with Crippen molar-refractivity contribution in [3.8, 4) is 0 Å². The SMILES string of the molecule is c1csc(CN2CCC3(CC2)Nc2ccccc2C2=NCCN23)c1. The Balaban J connectivity index is 1.38. The fraction of sp³-hybridized carbons (Fsp3) is 0.421. The van der Waals surface area contributed by atoms with Crippen molar-refractivity contribution >= 4 is 22.9 Å². The van der Waals surface area contributed by atoms with E-state index in [0.717, 1.165) is 45.6 Å². The first kappa shape index (κ1) is 14.5. The normalized spacial score (nSPS) is 22.0. The summed E-state index contributed by atoms with van der Waals surface area (Å²) in [4.78, 5) is 11.4. The Kier molecular flexibility index (Phi) is 3.38. The van der Waals surface area contributed by atoms with Crippen LogP contribution in [0.2, 0.25) is 0 Å². The zero-order valence-electron chi connectivity index (χ0n) is 13.7. The fourth-order valence-corrected chi connectivity index (χ4v) is 5.04. The van der Waals surface area contributed by atoms with Gasteiger partial charge in [-0.25, -0.2) is 0 Å². The topological polar surface area (TPSA) is 30.9 Å². The van der Waals surface area contributed by atoms with Gasteiger partial charge in [0.2, 0.25) is 0 Å². The van der Waals surface area contributed by atoms with Gasteiger partial charge in [-0.3, -0.25) is 9.89 Å². The smallest absolute Gasteiger partial charge is 0.134 e. The average Bonchev–Trinajstić information content (AvgIpc) is 3.29. The molecular weight excluding hydrogens is 316 g/mol. The van der Waals surface area contributed by atoms with Crippen LogP contribution in [0.4, 0.5) is 5.69 Å². The molecule has 0 unspecified atom stereocenters. The molecule has 0 aliphatic carbocycles. The van der Waals surface area contributed by atoms with Crippen LogP contribution in [0.5, 0.6) is 0 Å². The van der Waals surface area contributed by atoms with Gasteiger partial charge in [0.05, 0.1) is 6.54 Å². The van der Waals surface area contributed by atoms with E-state index in [-0.39, 0.29) is 5.66 Å². The third-order valence-corrected chi connectivity index (χ3v) is 6.40. The second-order valence-corrected chi connectivity index (χ2v) is 7.95. The molecular formula is C19H22N4S. The van der Waals surface area contributed by atoms with Crippen molar-refractivity contribution in [2.75, 3.05) is 31.5 Å². The largest absolute Gasteiger partial charge is 0.362 e. The van der Waals surface area contributed by atoms with Gasteiger partial charge in [0.1, 0.15) is 11.5 Å². The standard InChI is InChI=1S/C19H22N4S/c1-2-6-17-16(5-1)18-20-9-12-23(18)19(21-17)7-10-22(11-8-19)14-15-4-3-13-24-15/h1-6,13,21H,7-12,14H2. The second kappa shape index (κ2) is 5.60. The lowest BCUT2D eigenvalue weighted by molar-refractivity contribution is 0.0901. The Bertz CT molecular complexity index is 759. The molecule has 5 rings (SSSR count). The Morgan fingerprint density at radius 2 is 1.96 bits per heavy atom. The first-order valence-corrected chi connectivity index (χ1v) is 9.66. The van der Waals surface area contributed by atoms with Crippen molar-refractivity contribution in [3.05, 3.63) is 52.2 Å². The highest BCUT2D eigenvalue weighted by Crippen LogP contribution is 2.39. The van der Waals surface area contributed by atoms with Crippen LogP contribution in [0.1, 0.15) is 23.3 Å². The summed E-state index contributed by atoms with van der Waals surface area (Å²) in [6.45, 7) is 5.33. The highest BCUT2D eigenvalue weighted by atomic mass is 32.1. The molecule has 5 heteroatoms. The first-order valence-electron chi connectivity index (χ1n) is 8.79. The molecule has 24 heavy (non-hydrogen) atoms. The summed E-state index contributed by atoms with van der Waals surface area (Å²) < 4.78 is 0. The fourth-order valence-electron chi connectivity index (χ4n) is 4.30. The monoisotopic (exact) mass is 338 g/mol. The highest BCUT2D eigenvalue weighted by molar-refractivity contribution is 7.09. The molecule has 2 aromatic rings. The van der Waals surface area contributed by atoms with Crippen LogP contribution < -0.4 is 5.32 Å². The van der Waals surface area contributed by atoms with E-state index in [1.165, 1.54) is 22.0 Å². The molecule has 1 saturated heterocycles. The molecule has 0 amide bonds. The molecule has 1 aromatic carbocycles. The average molecular weight is 338 g/mol. The lowest BCUT2D eigenvalue weighted by Crippen LogP contribution is -2.63. The van der Waals surface area contributed by atoms with Gasteiger partial charge in [-0.15, -0.1) is 11.3 Å². The predicted octanol–water partition coefficient (Wildman–Crippen LogP) is 3.23. The maximum atomic E-state index is 4.82. The van der Waals surface area contributed by atoms with Crippen molar-refractivity contribution in [1.29, 1.82) is 0 Å². The molecule has 0 bridgehead atoms. The molecule has 124 valence electrons. The predicted molar refractivity (Wildman–Crippen MR) is 99.7 cm³/mol. The number of rotatable bonds is 2. The molecule has 1 aromatic heterocycles. The summed E-state index contributed by atoms with van der Waals surface area (Å²) in [5, 5.41) is 6.06. The summed E-state index contributed by atoms with van der Waals surface area (Å²) in [5.41, 5.74) is 2.57. The van der Waals surface area contributed by atoms with Crippen molar-refractivity contribution in [3.63, 3.8) is 0 Å². The van der Waals surface area contributed by atoms with Crippen LogP contribution >= 0.6 is 11.3 Å². The zero-order chi connectivity index (χ0) is 16.0. The minimum atomic E-state index is 0.0512. The number of thiophene rings is 1. The number of anilines is 1. The summed E-state index contributed by atoms with van der Waals surface area (Å²) in [6.07, 6.45) is 2.29. The number of aliphatic imine (C=N–C) groups is 1. The molecule has 1 fully saturated rings. The van der Waals surface area contributed by atoms with E-state index in [9.17, 15) is 0 Å². The van der Waals surface area contributed by atoms with Crippen LogP contribution in [0, 0.1) is 0 Å². The number of benzene rings is 1. The number of nitrogens with one attached hydrogen (secondary N) is 1. The van der Waals surface area contributed by atoms with E-state index in [2.05, 4.69) is 56.9 Å². The zero-order valence-corrected chi connectivity index (χ0v) is 14.6. The van der Waals surface area contributed by atoms with Crippen LogP contribution in [-0.4, -0.2) is 47.5 Å². The van der Waals surface area contributed by atoms with Crippen molar-refractivity contribution in [2.45, 2.75) is 25.0 Å². The maximum absolute atomic E-state index is 4.82. The molecule has 1 N–H and O–H groups in total. The molecule has 3 aliphatic heterocycles. The lowest BCUT2D eigenvalue weighted by atomic mass is 9.90. The summed E-state index contributed by atoms with van der Waals surface area (Å²) >= 11 is 1.86. The minimum absolute atomic E-state index is 0.0512. The van der Waals surface area contributed by atoms with Crippen LogP contribution in [-0.2, 0) is 6.54 Å². The van der Waals surface area contributed by atoms with E-state index in [0.29, 0.717) is 0 Å². The number of para-hydroxylation sites is 1. The maximum Gasteiger partial charge on any atom is 0.134 e.